The smallest absolute Gasteiger partial charge is 0.289 e. The second-order valence-electron chi connectivity index (χ2n) is 6.77. The number of furan rings is 1. The molecule has 1 aliphatic heterocycles. The van der Waals surface area contributed by atoms with E-state index in [9.17, 15) is 9.59 Å². The summed E-state index contributed by atoms with van der Waals surface area (Å²) in [6.45, 7) is 3.61. The number of anilines is 2. The van der Waals surface area contributed by atoms with E-state index < -0.39 is 0 Å². The van der Waals surface area contributed by atoms with Crippen LogP contribution in [0.4, 0.5) is 11.6 Å². The summed E-state index contributed by atoms with van der Waals surface area (Å²) in [5, 5.41) is 3.12. The molecule has 8 nitrogen and oxygen atoms in total. The predicted molar refractivity (Wildman–Crippen MR) is 107 cm³/mol. The van der Waals surface area contributed by atoms with Crippen molar-refractivity contribution in [3.05, 3.63) is 71.9 Å². The highest BCUT2D eigenvalue weighted by Crippen LogP contribution is 2.16. The molecule has 0 radical (unpaired) electrons. The summed E-state index contributed by atoms with van der Waals surface area (Å²) in [5.74, 6) is 0.366. The fourth-order valence-electron chi connectivity index (χ4n) is 3.22. The highest BCUT2D eigenvalue weighted by Gasteiger charge is 2.27. The van der Waals surface area contributed by atoms with Crippen LogP contribution in [-0.4, -0.2) is 57.8 Å². The molecule has 3 aromatic rings. The molecule has 0 bridgehead atoms. The van der Waals surface area contributed by atoms with Gasteiger partial charge in [0, 0.05) is 37.6 Å². The molecule has 0 spiro atoms. The van der Waals surface area contributed by atoms with Crippen LogP contribution in [0.1, 0.15) is 26.7 Å². The summed E-state index contributed by atoms with van der Waals surface area (Å²) in [6, 6.07) is 14.6. The highest BCUT2D eigenvalue weighted by atomic mass is 16.3. The third-order valence-electron chi connectivity index (χ3n) is 4.69. The second kappa shape index (κ2) is 8.14. The van der Waals surface area contributed by atoms with E-state index in [4.69, 9.17) is 4.42 Å². The number of carbonyl (C=O) groups excluding carboxylic acids is 2. The number of benzene rings is 1. The Balaban J connectivity index is 1.43. The largest absolute Gasteiger partial charge is 0.459 e. The number of carbonyl (C=O) groups is 2. The molecule has 0 unspecified atom stereocenters. The van der Waals surface area contributed by atoms with Crippen LogP contribution in [-0.2, 0) is 0 Å². The van der Waals surface area contributed by atoms with Crippen LogP contribution in [0.5, 0.6) is 0 Å². The zero-order chi connectivity index (χ0) is 20.2. The van der Waals surface area contributed by atoms with Crippen molar-refractivity contribution in [3.63, 3.8) is 0 Å². The number of hydrogen-bond donors (Lipinski definition) is 1. The van der Waals surface area contributed by atoms with Gasteiger partial charge in [-0.05, 0) is 37.3 Å². The summed E-state index contributed by atoms with van der Waals surface area (Å²) in [6.07, 6.45) is 1.48. The first-order chi connectivity index (χ1) is 14.1. The molecule has 3 heterocycles. The molecular formula is C21H21N5O3. The Morgan fingerprint density at radius 1 is 0.931 bits per heavy atom. The van der Waals surface area contributed by atoms with Gasteiger partial charge in [0.15, 0.2) is 5.76 Å². The van der Waals surface area contributed by atoms with Gasteiger partial charge in [-0.2, -0.15) is 0 Å². The van der Waals surface area contributed by atoms with Crippen molar-refractivity contribution in [1.29, 1.82) is 0 Å². The number of rotatable bonds is 4. The Bertz CT molecular complexity index is 996. The molecule has 0 aliphatic carbocycles. The predicted octanol–water partition coefficient (Wildman–Crippen LogP) is 2.72. The maximum absolute atomic E-state index is 12.9. The summed E-state index contributed by atoms with van der Waals surface area (Å²) in [7, 11) is 0. The number of amides is 2. The SMILES string of the molecule is Cc1cc(C(=O)N2CCN(C(=O)c3ccco3)CC2)nc(Nc2ccccc2)n1. The van der Waals surface area contributed by atoms with Gasteiger partial charge < -0.3 is 19.5 Å². The standard InChI is InChI=1S/C21H21N5O3/c1-15-14-17(24-21(22-15)23-16-6-3-2-4-7-16)19(27)25-9-11-26(12-10-25)20(28)18-8-5-13-29-18/h2-8,13-14H,9-12H2,1H3,(H,22,23,24). The van der Waals surface area contributed by atoms with Gasteiger partial charge in [-0.3, -0.25) is 9.59 Å². The van der Waals surface area contributed by atoms with Crippen LogP contribution in [0.25, 0.3) is 0 Å². The molecule has 0 atom stereocenters. The van der Waals surface area contributed by atoms with Gasteiger partial charge in [-0.1, -0.05) is 18.2 Å². The average molecular weight is 391 g/mol. The number of nitrogens with zero attached hydrogens (tertiary/aromatic N) is 4. The Labute approximate surface area is 168 Å². The minimum absolute atomic E-state index is 0.158. The van der Waals surface area contributed by atoms with E-state index in [0.717, 1.165) is 5.69 Å². The highest BCUT2D eigenvalue weighted by molar-refractivity contribution is 5.94. The zero-order valence-corrected chi connectivity index (χ0v) is 16.0. The van der Waals surface area contributed by atoms with E-state index >= 15 is 0 Å². The van der Waals surface area contributed by atoms with Gasteiger partial charge in [-0.25, -0.2) is 9.97 Å². The molecular weight excluding hydrogens is 370 g/mol. The molecule has 1 aliphatic rings. The maximum Gasteiger partial charge on any atom is 0.289 e. The fraction of sp³-hybridized carbons (Fsp3) is 0.238. The molecule has 1 saturated heterocycles. The maximum atomic E-state index is 12.9. The van der Waals surface area contributed by atoms with Crippen LogP contribution in [0.2, 0.25) is 0 Å². The first kappa shape index (κ1) is 18.7. The van der Waals surface area contributed by atoms with Crippen molar-refractivity contribution >= 4 is 23.5 Å². The molecule has 1 N–H and O–H groups in total. The summed E-state index contributed by atoms with van der Waals surface area (Å²) in [4.78, 5) is 37.5. The van der Waals surface area contributed by atoms with Gasteiger partial charge in [0.1, 0.15) is 5.69 Å². The average Bonchev–Trinajstić information content (AvgIpc) is 3.28. The van der Waals surface area contributed by atoms with E-state index in [2.05, 4.69) is 15.3 Å². The normalized spacial score (nSPS) is 14.0. The summed E-state index contributed by atoms with van der Waals surface area (Å²) < 4.78 is 5.17. The van der Waals surface area contributed by atoms with E-state index in [1.54, 1.807) is 28.0 Å². The Hall–Kier alpha value is -3.68. The minimum atomic E-state index is -0.170. The number of piperazine rings is 1. The number of aryl methyl sites for hydroxylation is 1. The van der Waals surface area contributed by atoms with Gasteiger partial charge in [-0.15, -0.1) is 0 Å². The Morgan fingerprint density at radius 3 is 2.28 bits per heavy atom. The monoisotopic (exact) mass is 391 g/mol. The molecule has 1 aromatic carbocycles. The lowest BCUT2D eigenvalue weighted by Crippen LogP contribution is -2.50. The van der Waals surface area contributed by atoms with Crippen LogP contribution in [0, 0.1) is 6.92 Å². The molecule has 2 aromatic heterocycles. The molecule has 29 heavy (non-hydrogen) atoms. The van der Waals surface area contributed by atoms with Crippen molar-refractivity contribution in [3.8, 4) is 0 Å². The molecule has 0 saturated carbocycles. The van der Waals surface area contributed by atoms with E-state index in [1.807, 2.05) is 37.3 Å². The first-order valence-corrected chi connectivity index (χ1v) is 9.40. The molecule has 148 valence electrons. The molecule has 2 amide bonds. The van der Waals surface area contributed by atoms with E-state index in [-0.39, 0.29) is 11.8 Å². The van der Waals surface area contributed by atoms with Gasteiger partial charge in [0.25, 0.3) is 11.8 Å². The van der Waals surface area contributed by atoms with Crippen molar-refractivity contribution in [1.82, 2.24) is 19.8 Å². The van der Waals surface area contributed by atoms with Crippen molar-refractivity contribution < 1.29 is 14.0 Å². The topological polar surface area (TPSA) is 91.6 Å². The van der Waals surface area contributed by atoms with Gasteiger partial charge in [0.2, 0.25) is 5.95 Å². The Morgan fingerprint density at radius 2 is 1.62 bits per heavy atom. The lowest BCUT2D eigenvalue weighted by molar-refractivity contribution is 0.0515. The molecule has 4 rings (SSSR count). The van der Waals surface area contributed by atoms with E-state index in [0.29, 0.717) is 49.3 Å². The van der Waals surface area contributed by atoms with Crippen molar-refractivity contribution in [2.75, 3.05) is 31.5 Å². The van der Waals surface area contributed by atoms with Crippen LogP contribution < -0.4 is 5.32 Å². The quantitative estimate of drug-likeness (QED) is 0.735. The van der Waals surface area contributed by atoms with Crippen LogP contribution in [0.15, 0.2) is 59.2 Å². The van der Waals surface area contributed by atoms with Crippen LogP contribution >= 0.6 is 0 Å². The third-order valence-corrected chi connectivity index (χ3v) is 4.69. The number of aromatic nitrogens is 2. The first-order valence-electron chi connectivity index (χ1n) is 9.40. The number of para-hydroxylation sites is 1. The van der Waals surface area contributed by atoms with Gasteiger partial charge >= 0.3 is 0 Å². The zero-order valence-electron chi connectivity index (χ0n) is 16.0. The summed E-state index contributed by atoms with van der Waals surface area (Å²) >= 11 is 0. The Kier molecular flexibility index (Phi) is 5.24. The molecule has 1 fully saturated rings. The fourth-order valence-corrected chi connectivity index (χ4v) is 3.22. The third kappa shape index (κ3) is 4.26. The lowest BCUT2D eigenvalue weighted by Gasteiger charge is -2.34. The summed E-state index contributed by atoms with van der Waals surface area (Å²) in [5.41, 5.74) is 1.89. The number of hydrogen-bond acceptors (Lipinski definition) is 6. The van der Waals surface area contributed by atoms with E-state index in [1.165, 1.54) is 6.26 Å². The number of nitrogens with one attached hydrogen (secondary N) is 1. The molecule has 8 heteroatoms. The van der Waals surface area contributed by atoms with Crippen molar-refractivity contribution in [2.45, 2.75) is 6.92 Å². The van der Waals surface area contributed by atoms with Crippen molar-refractivity contribution in [2.24, 2.45) is 0 Å². The second-order valence-corrected chi connectivity index (χ2v) is 6.77. The minimum Gasteiger partial charge on any atom is -0.459 e. The lowest BCUT2D eigenvalue weighted by atomic mass is 10.2. The van der Waals surface area contributed by atoms with Gasteiger partial charge in [0.05, 0.1) is 6.26 Å². The van der Waals surface area contributed by atoms with Crippen LogP contribution in [0.3, 0.4) is 0 Å².